The number of nitrogens with zero attached hydrogens (tertiary/aromatic N) is 3. The average Bonchev–Trinajstić information content (AvgIpc) is 3.27. The number of thiazole rings is 1. The molecule has 4 aromatic rings. The van der Waals surface area contributed by atoms with E-state index in [9.17, 15) is 28.1 Å². The number of amides is 2. The molecule has 14 heteroatoms. The minimum Gasteiger partial charge on any atom is -0.326 e. The van der Waals surface area contributed by atoms with Gasteiger partial charge in [-0.1, -0.05) is 47.5 Å². The van der Waals surface area contributed by atoms with Crippen molar-refractivity contribution in [2.24, 2.45) is 0 Å². The van der Waals surface area contributed by atoms with E-state index in [1.165, 1.54) is 57.4 Å². The van der Waals surface area contributed by atoms with Crippen molar-refractivity contribution in [3.05, 3.63) is 102 Å². The molecule has 0 bridgehead atoms. The summed E-state index contributed by atoms with van der Waals surface area (Å²) in [6.07, 6.45) is 1.56. The summed E-state index contributed by atoms with van der Waals surface area (Å²) in [7, 11) is -1.13. The van der Waals surface area contributed by atoms with E-state index in [4.69, 9.17) is 23.2 Å². The molecule has 0 aliphatic carbocycles. The number of aromatic nitrogens is 1. The van der Waals surface area contributed by atoms with E-state index in [1.807, 2.05) is 6.07 Å². The Morgan fingerprint density at radius 1 is 1.00 bits per heavy atom. The Kier molecular flexibility index (Phi) is 9.54. The van der Waals surface area contributed by atoms with Gasteiger partial charge in [-0.2, -0.15) is 5.26 Å². The number of rotatable bonds is 7. The monoisotopic (exact) mass is 655 g/mol. The lowest BCUT2D eigenvalue weighted by Crippen LogP contribution is -2.32. The Balaban J connectivity index is 1.99. The molecular formula is C29H23Cl2N5O5S2. The molecule has 0 fully saturated rings. The lowest BCUT2D eigenvalue weighted by atomic mass is 10.2. The van der Waals surface area contributed by atoms with Crippen LogP contribution >= 0.6 is 34.5 Å². The van der Waals surface area contributed by atoms with Gasteiger partial charge in [-0.05, 0) is 54.1 Å². The molecule has 1 aromatic heterocycles. The summed E-state index contributed by atoms with van der Waals surface area (Å²) in [5.74, 6) is -1.12. The molecule has 43 heavy (non-hydrogen) atoms. The number of benzene rings is 3. The molecule has 0 radical (unpaired) electrons. The molecule has 0 aliphatic rings. The first-order chi connectivity index (χ1) is 20.3. The summed E-state index contributed by atoms with van der Waals surface area (Å²) in [5.41, 5.74) is 0.334. The molecule has 3 aromatic carbocycles. The van der Waals surface area contributed by atoms with Crippen LogP contribution in [0.15, 0.2) is 76.4 Å². The molecule has 0 saturated heterocycles. The van der Waals surface area contributed by atoms with Crippen LogP contribution < -0.4 is 25.4 Å². The summed E-state index contributed by atoms with van der Waals surface area (Å²) in [5, 5.41) is 15.6. The molecule has 0 saturated carbocycles. The highest BCUT2D eigenvalue weighted by atomic mass is 35.5. The zero-order valence-corrected chi connectivity index (χ0v) is 26.0. The number of nitriles is 1. The van der Waals surface area contributed by atoms with Gasteiger partial charge < -0.3 is 10.6 Å². The average molecular weight is 657 g/mol. The van der Waals surface area contributed by atoms with E-state index in [0.717, 1.165) is 20.2 Å². The van der Waals surface area contributed by atoms with Crippen molar-refractivity contribution in [1.82, 2.24) is 8.87 Å². The lowest BCUT2D eigenvalue weighted by Gasteiger charge is -2.13. The van der Waals surface area contributed by atoms with Crippen molar-refractivity contribution in [3.8, 4) is 11.8 Å². The van der Waals surface area contributed by atoms with Crippen molar-refractivity contribution in [3.63, 3.8) is 0 Å². The minimum atomic E-state index is -3.88. The topological polar surface area (TPSA) is 141 Å². The highest BCUT2D eigenvalue weighted by Crippen LogP contribution is 2.30. The number of hydrogen-bond donors (Lipinski definition) is 2. The Labute approximate surface area is 260 Å². The number of carbonyl (C=O) groups excluding carboxylic acids is 2. The Bertz CT molecular complexity index is 2060. The molecule has 0 atom stereocenters. The number of anilines is 2. The third-order valence-corrected chi connectivity index (χ3v) is 9.49. The molecule has 0 spiro atoms. The highest BCUT2D eigenvalue weighted by Gasteiger charge is 2.22. The quantitative estimate of drug-likeness (QED) is 0.312. The fourth-order valence-corrected chi connectivity index (χ4v) is 6.42. The van der Waals surface area contributed by atoms with Crippen molar-refractivity contribution < 1.29 is 18.0 Å². The van der Waals surface area contributed by atoms with Gasteiger partial charge in [-0.25, -0.2) is 12.7 Å². The lowest BCUT2D eigenvalue weighted by molar-refractivity contribution is -0.114. The van der Waals surface area contributed by atoms with Gasteiger partial charge in [0.05, 0.1) is 30.8 Å². The van der Waals surface area contributed by atoms with Gasteiger partial charge in [0.2, 0.25) is 15.9 Å². The summed E-state index contributed by atoms with van der Waals surface area (Å²) in [4.78, 5) is 38.5. The van der Waals surface area contributed by atoms with Crippen molar-refractivity contribution in [2.45, 2.75) is 11.8 Å². The van der Waals surface area contributed by atoms with Crippen LogP contribution in [0.25, 0.3) is 17.3 Å². The molecular weight excluding hydrogens is 633 g/mol. The third kappa shape index (κ3) is 6.88. The molecule has 0 aliphatic heterocycles. The normalized spacial score (nSPS) is 12.5. The molecule has 4 rings (SSSR count). The maximum atomic E-state index is 13.8. The van der Waals surface area contributed by atoms with E-state index < -0.39 is 27.1 Å². The second-order valence-corrected chi connectivity index (χ2v) is 13.2. The fourth-order valence-electron chi connectivity index (χ4n) is 3.88. The van der Waals surface area contributed by atoms with E-state index >= 15 is 0 Å². The number of para-hydroxylation sites is 1. The molecule has 2 amide bonds. The smallest absolute Gasteiger partial charge is 0.273 e. The predicted molar refractivity (Wildman–Crippen MR) is 168 cm³/mol. The number of nitrogens with one attached hydrogen (secondary N) is 2. The molecule has 0 unspecified atom stereocenters. The third-order valence-electron chi connectivity index (χ3n) is 5.96. The van der Waals surface area contributed by atoms with Gasteiger partial charge in [-0.15, -0.1) is 11.3 Å². The number of sulfonamides is 1. The molecule has 220 valence electrons. The zero-order chi connectivity index (χ0) is 31.5. The maximum absolute atomic E-state index is 13.8. The van der Waals surface area contributed by atoms with Gasteiger partial charge in [0, 0.05) is 26.7 Å². The van der Waals surface area contributed by atoms with Gasteiger partial charge in [0.25, 0.3) is 11.5 Å². The SMILES string of the molecule is CC(=O)Nc1ccc(/C=c2/s/c(=C(/C#N)C(=O)Nc3c(Cl)cccc3Cl)n(-c3cccc(S(=O)(=O)N(C)C)c3)c2=O)cc1. The van der Waals surface area contributed by atoms with Gasteiger partial charge in [0.1, 0.15) is 10.7 Å². The minimum absolute atomic E-state index is 0.0475. The van der Waals surface area contributed by atoms with Crippen molar-refractivity contribution >= 4 is 79.4 Å². The van der Waals surface area contributed by atoms with Crippen LogP contribution in [0.5, 0.6) is 0 Å². The zero-order valence-electron chi connectivity index (χ0n) is 22.9. The maximum Gasteiger partial charge on any atom is 0.273 e. The van der Waals surface area contributed by atoms with Gasteiger partial charge in [-0.3, -0.25) is 19.0 Å². The standard InChI is InChI=1S/C29H23Cl2N5O5S2/c1-17(37)33-19-12-10-18(11-13-19)14-25-28(39)36(20-6-4-7-21(15-20)43(40,41)35(2)3)29(42-25)22(16-32)27(38)34-26-23(30)8-5-9-24(26)31/h4-15H,1-3H3,(H,33,37)(H,34,38)/b25-14+,29-22-. The first kappa shape index (κ1) is 31.7. The van der Waals surface area contributed by atoms with Crippen LogP contribution in [0.4, 0.5) is 11.4 Å². The Morgan fingerprint density at radius 2 is 1.63 bits per heavy atom. The summed E-state index contributed by atoms with van der Waals surface area (Å²) in [6, 6.07) is 18.8. The van der Waals surface area contributed by atoms with E-state index in [-0.39, 0.29) is 41.4 Å². The first-order valence-corrected chi connectivity index (χ1v) is 15.4. The predicted octanol–water partition coefficient (Wildman–Crippen LogP) is 3.56. The van der Waals surface area contributed by atoms with Gasteiger partial charge >= 0.3 is 0 Å². The van der Waals surface area contributed by atoms with E-state index in [2.05, 4.69) is 10.6 Å². The van der Waals surface area contributed by atoms with E-state index in [1.54, 1.807) is 36.4 Å². The number of hydrogen-bond acceptors (Lipinski definition) is 7. The van der Waals surface area contributed by atoms with Crippen molar-refractivity contribution in [1.29, 1.82) is 5.26 Å². The van der Waals surface area contributed by atoms with Crippen molar-refractivity contribution in [2.75, 3.05) is 24.7 Å². The highest BCUT2D eigenvalue weighted by molar-refractivity contribution is 7.89. The molecule has 1 heterocycles. The second kappa shape index (κ2) is 12.9. The van der Waals surface area contributed by atoms with Gasteiger partial charge in [0.15, 0.2) is 5.57 Å². The summed E-state index contributed by atoms with van der Waals surface area (Å²) < 4.78 is 28.0. The Hall–Kier alpha value is -4.25. The van der Waals surface area contributed by atoms with Crippen LogP contribution in [0.3, 0.4) is 0 Å². The molecule has 10 nitrogen and oxygen atoms in total. The number of halogens is 2. The van der Waals surface area contributed by atoms with Crippen LogP contribution in [0, 0.1) is 11.3 Å². The molecule has 2 N–H and O–H groups in total. The Morgan fingerprint density at radius 3 is 2.21 bits per heavy atom. The second-order valence-electron chi connectivity index (χ2n) is 9.18. The van der Waals surface area contributed by atoms with Crippen LogP contribution in [-0.4, -0.2) is 43.2 Å². The summed E-state index contributed by atoms with van der Waals surface area (Å²) >= 11 is 13.3. The van der Waals surface area contributed by atoms with Crippen LogP contribution in [0.1, 0.15) is 12.5 Å². The summed E-state index contributed by atoms with van der Waals surface area (Å²) in [6.45, 7) is 1.38. The first-order valence-electron chi connectivity index (χ1n) is 12.4. The fraction of sp³-hybridized carbons (Fsp3) is 0.103. The van der Waals surface area contributed by atoms with Crippen LogP contribution in [-0.2, 0) is 19.6 Å². The van der Waals surface area contributed by atoms with E-state index in [0.29, 0.717) is 11.3 Å². The van der Waals surface area contributed by atoms with Crippen LogP contribution in [0.2, 0.25) is 10.0 Å². The largest absolute Gasteiger partial charge is 0.326 e. The number of carbonyl (C=O) groups is 2.